The smallest absolute Gasteiger partial charge is 0.329 e. The number of H-pyrrole nitrogens is 1. The Balaban J connectivity index is 2.64. The van der Waals surface area contributed by atoms with E-state index in [0.717, 1.165) is 0 Å². The van der Waals surface area contributed by atoms with Gasteiger partial charge in [0.25, 0.3) is 5.56 Å². The first-order valence-electron chi connectivity index (χ1n) is 6.09. The lowest BCUT2D eigenvalue weighted by Crippen LogP contribution is -2.42. The summed E-state index contributed by atoms with van der Waals surface area (Å²) < 4.78 is 6.66. The second kappa shape index (κ2) is 4.90. The third-order valence-electron chi connectivity index (χ3n) is 3.37. The van der Waals surface area contributed by atoms with E-state index in [1.165, 1.54) is 4.57 Å². The van der Waals surface area contributed by atoms with E-state index in [1.807, 2.05) is 20.8 Å². The highest BCUT2D eigenvalue weighted by molar-refractivity contribution is 6.30. The first-order valence-corrected chi connectivity index (χ1v) is 6.47. The molecule has 1 saturated heterocycles. The van der Waals surface area contributed by atoms with Crippen molar-refractivity contribution < 1.29 is 4.74 Å². The van der Waals surface area contributed by atoms with Crippen molar-refractivity contribution in [2.24, 2.45) is 0 Å². The molecule has 1 aromatic rings. The van der Waals surface area contributed by atoms with E-state index >= 15 is 0 Å². The molecule has 1 fully saturated rings. The van der Waals surface area contributed by atoms with Gasteiger partial charge in [0.05, 0.1) is 17.7 Å². The predicted octanol–water partition coefficient (Wildman–Crippen LogP) is 1.66. The van der Waals surface area contributed by atoms with E-state index in [0.29, 0.717) is 18.6 Å². The predicted molar refractivity (Wildman–Crippen MR) is 69.5 cm³/mol. The maximum atomic E-state index is 12.4. The van der Waals surface area contributed by atoms with Crippen LogP contribution < -0.4 is 11.2 Å². The fourth-order valence-electron chi connectivity index (χ4n) is 2.40. The lowest BCUT2D eigenvalue weighted by Gasteiger charge is -2.18. The molecule has 1 aliphatic heterocycles. The summed E-state index contributed by atoms with van der Waals surface area (Å²) in [5, 5.41) is 0.141. The molecule has 0 amide bonds. The highest BCUT2D eigenvalue weighted by atomic mass is 35.5. The van der Waals surface area contributed by atoms with Crippen LogP contribution in [0.25, 0.3) is 0 Å². The highest BCUT2D eigenvalue weighted by Gasteiger charge is 2.30. The number of halogens is 1. The van der Waals surface area contributed by atoms with Crippen molar-refractivity contribution >= 4 is 11.6 Å². The van der Waals surface area contributed by atoms with Crippen molar-refractivity contribution in [1.82, 2.24) is 9.55 Å². The third-order valence-corrected chi connectivity index (χ3v) is 3.66. The van der Waals surface area contributed by atoms with E-state index in [1.54, 1.807) is 0 Å². The summed E-state index contributed by atoms with van der Waals surface area (Å²) in [5.74, 6) is -0.0364. The molecule has 1 aromatic heterocycles. The zero-order chi connectivity index (χ0) is 13.4. The Bertz CT molecular complexity index is 561. The van der Waals surface area contributed by atoms with Crippen molar-refractivity contribution in [3.8, 4) is 0 Å². The Labute approximate surface area is 110 Å². The molecule has 0 radical (unpaired) electrons. The number of hydrogen-bond acceptors (Lipinski definition) is 3. The van der Waals surface area contributed by atoms with Gasteiger partial charge >= 0.3 is 5.69 Å². The molecule has 0 spiro atoms. The number of nitrogens with zero attached hydrogens (tertiary/aromatic N) is 1. The highest BCUT2D eigenvalue weighted by Crippen LogP contribution is 2.24. The van der Waals surface area contributed by atoms with Crippen LogP contribution >= 0.6 is 11.6 Å². The molecule has 0 aromatic carbocycles. The van der Waals surface area contributed by atoms with Crippen molar-refractivity contribution in [2.45, 2.75) is 45.3 Å². The first kappa shape index (κ1) is 13.4. The number of hydrogen-bond donors (Lipinski definition) is 1. The Morgan fingerprint density at radius 3 is 2.61 bits per heavy atom. The number of rotatable bonds is 2. The summed E-state index contributed by atoms with van der Waals surface area (Å²) in [6, 6.07) is -0.212. The zero-order valence-electron chi connectivity index (χ0n) is 10.7. The van der Waals surface area contributed by atoms with Crippen LogP contribution in [0.15, 0.2) is 9.59 Å². The lowest BCUT2D eigenvalue weighted by molar-refractivity contribution is 0.106. The molecule has 2 atom stereocenters. The average Bonchev–Trinajstić information content (AvgIpc) is 2.63. The van der Waals surface area contributed by atoms with Crippen molar-refractivity contribution in [1.29, 1.82) is 0 Å². The zero-order valence-corrected chi connectivity index (χ0v) is 11.5. The molecular weight excluding hydrogens is 256 g/mol. The number of aromatic amines is 1. The lowest BCUT2D eigenvalue weighted by atomic mass is 10.1. The maximum Gasteiger partial charge on any atom is 0.329 e. The molecule has 1 N–H and O–H groups in total. The molecule has 0 saturated carbocycles. The van der Waals surface area contributed by atoms with Gasteiger partial charge in [-0.25, -0.2) is 4.79 Å². The molecule has 1 aliphatic rings. The molecule has 0 aliphatic carbocycles. The van der Waals surface area contributed by atoms with E-state index in [9.17, 15) is 9.59 Å². The van der Waals surface area contributed by atoms with Crippen molar-refractivity contribution in [2.75, 3.05) is 6.61 Å². The van der Waals surface area contributed by atoms with Crippen LogP contribution in [0.5, 0.6) is 0 Å². The minimum absolute atomic E-state index is 0.0364. The Morgan fingerprint density at radius 1 is 1.44 bits per heavy atom. The van der Waals surface area contributed by atoms with Crippen LogP contribution in [-0.4, -0.2) is 22.3 Å². The van der Waals surface area contributed by atoms with Crippen LogP contribution in [-0.2, 0) is 4.74 Å². The van der Waals surface area contributed by atoms with Gasteiger partial charge in [-0.05, 0) is 19.3 Å². The SMILES string of the molecule is CC(C)c1c(Cl)[nH]c(=O)n(C2CCOC2C)c1=O. The van der Waals surface area contributed by atoms with E-state index in [2.05, 4.69) is 4.98 Å². The minimum Gasteiger partial charge on any atom is -0.376 e. The Hall–Kier alpha value is -1.07. The van der Waals surface area contributed by atoms with Gasteiger partial charge in [0.2, 0.25) is 0 Å². The second-order valence-corrected chi connectivity index (χ2v) is 5.30. The van der Waals surface area contributed by atoms with Crippen LogP contribution in [0.1, 0.15) is 44.7 Å². The minimum atomic E-state index is -0.461. The van der Waals surface area contributed by atoms with Gasteiger partial charge < -0.3 is 4.74 Å². The van der Waals surface area contributed by atoms with Gasteiger partial charge in [0.15, 0.2) is 0 Å². The summed E-state index contributed by atoms with van der Waals surface area (Å²) >= 11 is 5.94. The number of aromatic nitrogens is 2. The van der Waals surface area contributed by atoms with Crippen LogP contribution in [0.3, 0.4) is 0 Å². The molecule has 6 heteroatoms. The van der Waals surface area contributed by atoms with Crippen LogP contribution in [0, 0.1) is 0 Å². The van der Waals surface area contributed by atoms with Gasteiger partial charge in [-0.2, -0.15) is 0 Å². The maximum absolute atomic E-state index is 12.4. The van der Waals surface area contributed by atoms with E-state index in [-0.39, 0.29) is 28.8 Å². The van der Waals surface area contributed by atoms with Gasteiger partial charge in [-0.1, -0.05) is 25.4 Å². The van der Waals surface area contributed by atoms with Crippen molar-refractivity contribution in [3.05, 3.63) is 31.6 Å². The molecule has 5 nitrogen and oxygen atoms in total. The molecule has 2 rings (SSSR count). The third kappa shape index (κ3) is 2.12. The largest absolute Gasteiger partial charge is 0.376 e. The van der Waals surface area contributed by atoms with Crippen LogP contribution in [0.2, 0.25) is 5.15 Å². The van der Waals surface area contributed by atoms with Crippen LogP contribution in [0.4, 0.5) is 0 Å². The fourth-order valence-corrected chi connectivity index (χ4v) is 2.78. The normalized spacial score (nSPS) is 23.8. The summed E-state index contributed by atoms with van der Waals surface area (Å²) in [6.45, 7) is 6.18. The topological polar surface area (TPSA) is 64.1 Å². The summed E-state index contributed by atoms with van der Waals surface area (Å²) in [7, 11) is 0. The number of ether oxygens (including phenoxy) is 1. The number of nitrogens with one attached hydrogen (secondary N) is 1. The molecule has 18 heavy (non-hydrogen) atoms. The summed E-state index contributed by atoms with van der Waals surface area (Å²) in [4.78, 5) is 26.9. The Morgan fingerprint density at radius 2 is 2.11 bits per heavy atom. The Kier molecular flexibility index (Phi) is 3.64. The molecule has 100 valence electrons. The monoisotopic (exact) mass is 272 g/mol. The molecule has 2 unspecified atom stereocenters. The second-order valence-electron chi connectivity index (χ2n) is 4.92. The van der Waals surface area contributed by atoms with E-state index in [4.69, 9.17) is 16.3 Å². The first-order chi connectivity index (χ1) is 8.43. The molecular formula is C12H17ClN2O3. The van der Waals surface area contributed by atoms with Gasteiger partial charge in [0, 0.05) is 6.61 Å². The van der Waals surface area contributed by atoms with Gasteiger partial charge in [-0.3, -0.25) is 14.3 Å². The quantitative estimate of drug-likeness (QED) is 0.833. The van der Waals surface area contributed by atoms with Gasteiger partial charge in [0.1, 0.15) is 5.15 Å². The summed E-state index contributed by atoms with van der Waals surface area (Å²) in [6.07, 6.45) is 0.536. The molecule has 0 bridgehead atoms. The summed E-state index contributed by atoms with van der Waals surface area (Å²) in [5.41, 5.74) is -0.312. The standard InChI is InChI=1S/C12H17ClN2O3/c1-6(2)9-10(13)14-12(17)15(11(9)16)8-4-5-18-7(8)3/h6-8H,4-5H2,1-3H3,(H,14,17). The van der Waals surface area contributed by atoms with E-state index < -0.39 is 5.69 Å². The average molecular weight is 273 g/mol. The molecule has 2 heterocycles. The van der Waals surface area contributed by atoms with Crippen molar-refractivity contribution in [3.63, 3.8) is 0 Å². The fraction of sp³-hybridized carbons (Fsp3) is 0.667. The van der Waals surface area contributed by atoms with Gasteiger partial charge in [-0.15, -0.1) is 0 Å².